The lowest BCUT2D eigenvalue weighted by Gasteiger charge is -2.22. The van der Waals surface area contributed by atoms with Crippen LogP contribution in [0.3, 0.4) is 0 Å². The number of benzene rings is 1. The normalized spacial score (nSPS) is 20.8. The van der Waals surface area contributed by atoms with Crippen molar-refractivity contribution in [3.8, 4) is 5.75 Å². The molecule has 0 amide bonds. The Hall–Kier alpha value is -0.540. The smallest absolute Gasteiger partial charge is 0.119 e. The van der Waals surface area contributed by atoms with Crippen molar-refractivity contribution in [1.29, 1.82) is 0 Å². The highest BCUT2D eigenvalue weighted by molar-refractivity contribution is 9.10. The standard InChI is InChI=1S/C13H18BrNO/c1-10-7-12(4-5-13(10)14)16-9-11-3-2-6-15-8-11/h4-5,7,11,15H,2-3,6,8-9H2,1H3. The molecule has 2 rings (SSSR count). The van der Waals surface area contributed by atoms with Crippen LogP contribution in [0.5, 0.6) is 5.75 Å². The Bertz CT molecular complexity index is 348. The van der Waals surface area contributed by atoms with Crippen LogP contribution in [0.25, 0.3) is 0 Å². The zero-order valence-corrected chi connectivity index (χ0v) is 11.2. The van der Waals surface area contributed by atoms with Crippen molar-refractivity contribution in [2.45, 2.75) is 19.8 Å². The number of hydrogen-bond donors (Lipinski definition) is 1. The van der Waals surface area contributed by atoms with Gasteiger partial charge in [-0.15, -0.1) is 0 Å². The third-order valence-electron chi connectivity index (χ3n) is 3.01. The van der Waals surface area contributed by atoms with Gasteiger partial charge in [0.05, 0.1) is 6.61 Å². The Morgan fingerprint density at radius 3 is 3.06 bits per heavy atom. The van der Waals surface area contributed by atoms with Crippen molar-refractivity contribution in [1.82, 2.24) is 5.32 Å². The van der Waals surface area contributed by atoms with E-state index in [0.29, 0.717) is 5.92 Å². The number of nitrogens with one attached hydrogen (secondary N) is 1. The first kappa shape index (κ1) is 11.9. The first-order valence-electron chi connectivity index (χ1n) is 5.85. The number of hydrogen-bond acceptors (Lipinski definition) is 2. The minimum Gasteiger partial charge on any atom is -0.493 e. The van der Waals surface area contributed by atoms with E-state index in [4.69, 9.17) is 4.74 Å². The fourth-order valence-electron chi connectivity index (χ4n) is 1.99. The largest absolute Gasteiger partial charge is 0.493 e. The second-order valence-electron chi connectivity index (χ2n) is 4.43. The Morgan fingerprint density at radius 2 is 2.38 bits per heavy atom. The molecule has 16 heavy (non-hydrogen) atoms. The van der Waals surface area contributed by atoms with E-state index in [2.05, 4.69) is 34.2 Å². The van der Waals surface area contributed by atoms with E-state index in [-0.39, 0.29) is 0 Å². The van der Waals surface area contributed by atoms with Crippen molar-refractivity contribution in [2.75, 3.05) is 19.7 Å². The average Bonchev–Trinajstić information content (AvgIpc) is 2.32. The van der Waals surface area contributed by atoms with Crippen LogP contribution in [0, 0.1) is 12.8 Å². The van der Waals surface area contributed by atoms with E-state index in [1.807, 2.05) is 12.1 Å². The molecule has 0 saturated carbocycles. The quantitative estimate of drug-likeness (QED) is 0.920. The summed E-state index contributed by atoms with van der Waals surface area (Å²) in [6.45, 7) is 5.16. The van der Waals surface area contributed by atoms with E-state index < -0.39 is 0 Å². The lowest BCUT2D eigenvalue weighted by atomic mass is 10.0. The fraction of sp³-hybridized carbons (Fsp3) is 0.538. The minimum atomic E-state index is 0.665. The molecule has 1 aromatic carbocycles. The summed E-state index contributed by atoms with van der Waals surface area (Å²) < 4.78 is 6.96. The van der Waals surface area contributed by atoms with E-state index >= 15 is 0 Å². The van der Waals surface area contributed by atoms with E-state index in [0.717, 1.165) is 29.9 Å². The van der Waals surface area contributed by atoms with Crippen molar-refractivity contribution in [2.24, 2.45) is 5.92 Å². The molecule has 1 fully saturated rings. The van der Waals surface area contributed by atoms with Crippen molar-refractivity contribution in [3.63, 3.8) is 0 Å². The highest BCUT2D eigenvalue weighted by Gasteiger charge is 2.13. The second kappa shape index (κ2) is 5.69. The van der Waals surface area contributed by atoms with Gasteiger partial charge in [0.25, 0.3) is 0 Å². The molecule has 88 valence electrons. The number of halogens is 1. The van der Waals surface area contributed by atoms with Gasteiger partial charge in [-0.3, -0.25) is 0 Å². The Morgan fingerprint density at radius 1 is 1.50 bits per heavy atom. The van der Waals surface area contributed by atoms with Crippen molar-refractivity contribution < 1.29 is 4.74 Å². The molecule has 1 atom stereocenters. The third kappa shape index (κ3) is 3.22. The van der Waals surface area contributed by atoms with Gasteiger partial charge in [-0.1, -0.05) is 15.9 Å². The van der Waals surface area contributed by atoms with Crippen LogP contribution >= 0.6 is 15.9 Å². The SMILES string of the molecule is Cc1cc(OCC2CCCNC2)ccc1Br. The molecular formula is C13H18BrNO. The van der Waals surface area contributed by atoms with Crippen LogP contribution in [0.15, 0.2) is 22.7 Å². The summed E-state index contributed by atoms with van der Waals surface area (Å²) in [6, 6.07) is 6.15. The summed E-state index contributed by atoms with van der Waals surface area (Å²) in [5.74, 6) is 1.64. The summed E-state index contributed by atoms with van der Waals surface area (Å²) >= 11 is 3.49. The monoisotopic (exact) mass is 283 g/mol. The van der Waals surface area contributed by atoms with Crippen LogP contribution in [0.1, 0.15) is 18.4 Å². The first-order valence-corrected chi connectivity index (χ1v) is 6.64. The summed E-state index contributed by atoms with van der Waals surface area (Å²) in [4.78, 5) is 0. The molecule has 2 nitrogen and oxygen atoms in total. The molecular weight excluding hydrogens is 266 g/mol. The molecule has 0 radical (unpaired) electrons. The minimum absolute atomic E-state index is 0.665. The molecule has 1 aromatic rings. The van der Waals surface area contributed by atoms with Crippen LogP contribution < -0.4 is 10.1 Å². The van der Waals surface area contributed by atoms with Gasteiger partial charge in [-0.2, -0.15) is 0 Å². The Kier molecular flexibility index (Phi) is 4.24. The molecule has 0 aromatic heterocycles. The van der Waals surface area contributed by atoms with Crippen LogP contribution in [0.2, 0.25) is 0 Å². The van der Waals surface area contributed by atoms with Crippen LogP contribution in [0.4, 0.5) is 0 Å². The van der Waals surface area contributed by atoms with Gasteiger partial charge in [0.2, 0.25) is 0 Å². The Labute approximate surface area is 106 Å². The number of aryl methyl sites for hydroxylation is 1. The molecule has 1 aliphatic heterocycles. The maximum absolute atomic E-state index is 5.82. The lowest BCUT2D eigenvalue weighted by molar-refractivity contribution is 0.218. The molecule has 1 N–H and O–H groups in total. The van der Waals surface area contributed by atoms with Gasteiger partial charge in [0, 0.05) is 16.9 Å². The van der Waals surface area contributed by atoms with Gasteiger partial charge in [0.15, 0.2) is 0 Å². The molecule has 1 saturated heterocycles. The van der Waals surface area contributed by atoms with Crippen LogP contribution in [-0.4, -0.2) is 19.7 Å². The number of ether oxygens (including phenoxy) is 1. The van der Waals surface area contributed by atoms with Gasteiger partial charge in [0.1, 0.15) is 5.75 Å². The zero-order chi connectivity index (χ0) is 11.4. The molecule has 1 aliphatic rings. The second-order valence-corrected chi connectivity index (χ2v) is 5.29. The molecule has 1 heterocycles. The predicted octanol–water partition coefficient (Wildman–Crippen LogP) is 3.14. The maximum atomic E-state index is 5.82. The van der Waals surface area contributed by atoms with Gasteiger partial charge in [-0.25, -0.2) is 0 Å². The molecule has 3 heteroatoms. The first-order chi connectivity index (χ1) is 7.75. The molecule has 1 unspecified atom stereocenters. The van der Waals surface area contributed by atoms with E-state index in [9.17, 15) is 0 Å². The highest BCUT2D eigenvalue weighted by atomic mass is 79.9. The highest BCUT2D eigenvalue weighted by Crippen LogP contribution is 2.22. The maximum Gasteiger partial charge on any atom is 0.119 e. The van der Waals surface area contributed by atoms with Crippen molar-refractivity contribution in [3.05, 3.63) is 28.2 Å². The third-order valence-corrected chi connectivity index (χ3v) is 3.90. The average molecular weight is 284 g/mol. The molecule has 0 aliphatic carbocycles. The van der Waals surface area contributed by atoms with Gasteiger partial charge < -0.3 is 10.1 Å². The topological polar surface area (TPSA) is 21.3 Å². The molecule has 0 spiro atoms. The number of rotatable bonds is 3. The Balaban J connectivity index is 1.86. The summed E-state index contributed by atoms with van der Waals surface area (Å²) in [6.07, 6.45) is 2.55. The molecule has 0 bridgehead atoms. The zero-order valence-electron chi connectivity index (χ0n) is 9.63. The summed E-state index contributed by atoms with van der Waals surface area (Å²) in [7, 11) is 0. The van der Waals surface area contributed by atoms with Gasteiger partial charge >= 0.3 is 0 Å². The van der Waals surface area contributed by atoms with E-state index in [1.165, 1.54) is 18.4 Å². The van der Waals surface area contributed by atoms with Gasteiger partial charge in [-0.05, 0) is 50.1 Å². The van der Waals surface area contributed by atoms with E-state index in [1.54, 1.807) is 0 Å². The predicted molar refractivity (Wildman–Crippen MR) is 70.0 cm³/mol. The fourth-order valence-corrected chi connectivity index (χ4v) is 2.23. The summed E-state index contributed by atoms with van der Waals surface area (Å²) in [5.41, 5.74) is 1.22. The van der Waals surface area contributed by atoms with Crippen molar-refractivity contribution >= 4 is 15.9 Å². The lowest BCUT2D eigenvalue weighted by Crippen LogP contribution is -2.33. The number of piperidine rings is 1. The van der Waals surface area contributed by atoms with Crippen LogP contribution in [-0.2, 0) is 0 Å². The summed E-state index contributed by atoms with van der Waals surface area (Å²) in [5, 5.41) is 3.40.